The predicted octanol–water partition coefficient (Wildman–Crippen LogP) is 4.55. The Morgan fingerprint density at radius 3 is 2.65 bits per heavy atom. The van der Waals surface area contributed by atoms with Crippen LogP contribution in [-0.2, 0) is 18.0 Å². The molecule has 2 nitrogen and oxygen atoms in total. The largest absolute Gasteiger partial charge is 0.372 e. The Labute approximate surface area is 135 Å². The molecule has 0 spiro atoms. The molecule has 1 heterocycles. The summed E-state index contributed by atoms with van der Waals surface area (Å²) in [5.74, 6) is 0. The van der Waals surface area contributed by atoms with Crippen LogP contribution in [-0.4, -0.2) is 7.05 Å². The zero-order valence-corrected chi connectivity index (χ0v) is 14.3. The van der Waals surface area contributed by atoms with Gasteiger partial charge in [0, 0.05) is 8.95 Å². The molecule has 0 radical (unpaired) electrons. The third kappa shape index (κ3) is 2.70. The second-order valence-electron chi connectivity index (χ2n) is 4.91. The topological polar surface area (TPSA) is 21.3 Å². The summed E-state index contributed by atoms with van der Waals surface area (Å²) >= 11 is 7.19. The number of hydrogen-bond acceptors (Lipinski definition) is 2. The first-order valence-electron chi connectivity index (χ1n) is 6.50. The summed E-state index contributed by atoms with van der Waals surface area (Å²) in [6, 6.07) is 13.0. The Hall–Kier alpha value is -0.680. The summed E-state index contributed by atoms with van der Waals surface area (Å²) in [6.45, 7) is 1.46. The zero-order chi connectivity index (χ0) is 14.1. The maximum atomic E-state index is 5.49. The van der Waals surface area contributed by atoms with Gasteiger partial charge in [0.25, 0.3) is 0 Å². The van der Waals surface area contributed by atoms with E-state index in [2.05, 4.69) is 67.5 Å². The van der Waals surface area contributed by atoms with Crippen molar-refractivity contribution in [3.63, 3.8) is 0 Å². The maximum Gasteiger partial charge on any atom is 0.0725 e. The molecule has 2 aromatic rings. The van der Waals surface area contributed by atoms with E-state index in [4.69, 9.17) is 4.74 Å². The normalized spacial score (nSPS) is 15.2. The molecule has 1 N–H and O–H groups in total. The van der Waals surface area contributed by atoms with Crippen LogP contribution in [0.5, 0.6) is 0 Å². The predicted molar refractivity (Wildman–Crippen MR) is 87.7 cm³/mol. The molecule has 2 aromatic carbocycles. The van der Waals surface area contributed by atoms with Gasteiger partial charge in [0.1, 0.15) is 0 Å². The highest BCUT2D eigenvalue weighted by Gasteiger charge is 2.18. The van der Waals surface area contributed by atoms with E-state index in [0.29, 0.717) is 0 Å². The molecule has 1 aliphatic heterocycles. The Bertz CT molecular complexity index is 642. The smallest absolute Gasteiger partial charge is 0.0725 e. The first kappa shape index (κ1) is 14.3. The van der Waals surface area contributed by atoms with Gasteiger partial charge in [-0.1, -0.05) is 50.1 Å². The molecule has 0 saturated carbocycles. The van der Waals surface area contributed by atoms with Crippen LogP contribution in [0, 0.1) is 0 Å². The molecular weight excluding hydrogens is 382 g/mol. The highest BCUT2D eigenvalue weighted by Crippen LogP contribution is 2.32. The van der Waals surface area contributed by atoms with Crippen molar-refractivity contribution in [1.82, 2.24) is 5.32 Å². The van der Waals surface area contributed by atoms with Crippen LogP contribution < -0.4 is 5.32 Å². The van der Waals surface area contributed by atoms with Gasteiger partial charge in [0.2, 0.25) is 0 Å². The van der Waals surface area contributed by atoms with Crippen molar-refractivity contribution in [2.24, 2.45) is 0 Å². The Balaban J connectivity index is 2.03. The fourth-order valence-corrected chi connectivity index (χ4v) is 3.46. The summed E-state index contributed by atoms with van der Waals surface area (Å²) in [4.78, 5) is 0. The molecule has 0 saturated heterocycles. The fourth-order valence-electron chi connectivity index (χ4n) is 2.61. The summed E-state index contributed by atoms with van der Waals surface area (Å²) < 4.78 is 7.69. The van der Waals surface area contributed by atoms with Gasteiger partial charge in [-0.2, -0.15) is 0 Å². The lowest BCUT2D eigenvalue weighted by molar-refractivity contribution is 0.134. The fraction of sp³-hybridized carbons (Fsp3) is 0.250. The monoisotopic (exact) mass is 395 g/mol. The SMILES string of the molecule is CNC(c1ccc2c(c1)COC2)c1cc(Br)ccc1Br. The lowest BCUT2D eigenvalue weighted by Crippen LogP contribution is -2.18. The quantitative estimate of drug-likeness (QED) is 0.821. The Kier molecular flexibility index (Phi) is 4.26. The van der Waals surface area contributed by atoms with E-state index in [1.54, 1.807) is 0 Å². The van der Waals surface area contributed by atoms with E-state index < -0.39 is 0 Å². The highest BCUT2D eigenvalue weighted by atomic mass is 79.9. The van der Waals surface area contributed by atoms with E-state index in [0.717, 1.165) is 22.2 Å². The number of fused-ring (bicyclic) bond motifs is 1. The van der Waals surface area contributed by atoms with E-state index in [9.17, 15) is 0 Å². The van der Waals surface area contributed by atoms with E-state index >= 15 is 0 Å². The molecule has 0 amide bonds. The molecule has 0 aliphatic carbocycles. The van der Waals surface area contributed by atoms with E-state index in [1.807, 2.05) is 13.1 Å². The summed E-state index contributed by atoms with van der Waals surface area (Å²) in [6.07, 6.45) is 0. The minimum Gasteiger partial charge on any atom is -0.372 e. The molecule has 0 bridgehead atoms. The Morgan fingerprint density at radius 1 is 1.05 bits per heavy atom. The average molecular weight is 397 g/mol. The van der Waals surface area contributed by atoms with Crippen molar-refractivity contribution >= 4 is 31.9 Å². The first-order chi connectivity index (χ1) is 9.69. The van der Waals surface area contributed by atoms with Crippen molar-refractivity contribution in [3.8, 4) is 0 Å². The number of ether oxygens (including phenoxy) is 1. The minimum absolute atomic E-state index is 0.160. The summed E-state index contributed by atoms with van der Waals surface area (Å²) in [5.41, 5.74) is 5.09. The molecule has 1 aliphatic rings. The van der Waals surface area contributed by atoms with E-state index in [-0.39, 0.29) is 6.04 Å². The lowest BCUT2D eigenvalue weighted by Gasteiger charge is -2.20. The van der Waals surface area contributed by atoms with Crippen LogP contribution in [0.2, 0.25) is 0 Å². The lowest BCUT2D eigenvalue weighted by atomic mass is 9.96. The van der Waals surface area contributed by atoms with Gasteiger partial charge in [0.15, 0.2) is 0 Å². The van der Waals surface area contributed by atoms with Gasteiger partial charge in [-0.3, -0.25) is 0 Å². The van der Waals surface area contributed by atoms with Crippen LogP contribution in [0.15, 0.2) is 45.3 Å². The second-order valence-corrected chi connectivity index (χ2v) is 6.68. The standard InChI is InChI=1S/C16H15Br2NO/c1-19-16(14-7-13(17)4-5-15(14)18)10-2-3-11-8-20-9-12(11)6-10/h2-7,16,19H,8-9H2,1H3. The van der Waals surface area contributed by atoms with Crippen molar-refractivity contribution in [2.75, 3.05) is 7.05 Å². The van der Waals surface area contributed by atoms with Crippen molar-refractivity contribution in [3.05, 3.63) is 67.6 Å². The van der Waals surface area contributed by atoms with Crippen LogP contribution in [0.1, 0.15) is 28.3 Å². The molecule has 20 heavy (non-hydrogen) atoms. The van der Waals surface area contributed by atoms with Crippen molar-refractivity contribution < 1.29 is 4.74 Å². The first-order valence-corrected chi connectivity index (χ1v) is 8.09. The average Bonchev–Trinajstić information content (AvgIpc) is 2.91. The van der Waals surface area contributed by atoms with Crippen LogP contribution in [0.3, 0.4) is 0 Å². The number of rotatable bonds is 3. The number of hydrogen-bond donors (Lipinski definition) is 1. The molecule has 0 aromatic heterocycles. The Morgan fingerprint density at radius 2 is 1.85 bits per heavy atom. The summed E-state index contributed by atoms with van der Waals surface area (Å²) in [5, 5.41) is 3.40. The van der Waals surface area contributed by atoms with Crippen LogP contribution in [0.4, 0.5) is 0 Å². The molecule has 3 rings (SSSR count). The molecule has 1 unspecified atom stereocenters. The van der Waals surface area contributed by atoms with E-state index in [1.165, 1.54) is 22.3 Å². The molecule has 4 heteroatoms. The summed E-state index contributed by atoms with van der Waals surface area (Å²) in [7, 11) is 1.99. The number of nitrogens with one attached hydrogen (secondary N) is 1. The number of halogens is 2. The van der Waals surface area contributed by atoms with Gasteiger partial charge in [-0.05, 0) is 47.5 Å². The minimum atomic E-state index is 0.160. The second kappa shape index (κ2) is 5.98. The van der Waals surface area contributed by atoms with Crippen molar-refractivity contribution in [2.45, 2.75) is 19.3 Å². The van der Waals surface area contributed by atoms with Crippen LogP contribution in [0.25, 0.3) is 0 Å². The third-order valence-corrected chi connectivity index (χ3v) is 4.85. The van der Waals surface area contributed by atoms with Gasteiger partial charge in [-0.15, -0.1) is 0 Å². The zero-order valence-electron chi connectivity index (χ0n) is 11.1. The van der Waals surface area contributed by atoms with Gasteiger partial charge in [-0.25, -0.2) is 0 Å². The maximum absolute atomic E-state index is 5.49. The molecule has 104 valence electrons. The highest BCUT2D eigenvalue weighted by molar-refractivity contribution is 9.11. The molecule has 1 atom stereocenters. The third-order valence-electron chi connectivity index (χ3n) is 3.64. The molecule has 0 fully saturated rings. The van der Waals surface area contributed by atoms with Gasteiger partial charge in [0.05, 0.1) is 19.3 Å². The van der Waals surface area contributed by atoms with Gasteiger partial charge >= 0.3 is 0 Å². The molecular formula is C16H15Br2NO. The van der Waals surface area contributed by atoms with Gasteiger partial charge < -0.3 is 10.1 Å². The van der Waals surface area contributed by atoms with Crippen molar-refractivity contribution in [1.29, 1.82) is 0 Å². The van der Waals surface area contributed by atoms with Crippen LogP contribution >= 0.6 is 31.9 Å². The number of benzene rings is 2.